The van der Waals surface area contributed by atoms with Gasteiger partial charge in [-0.1, -0.05) is 12.8 Å². The molecule has 2 unspecified atom stereocenters. The number of ether oxygens (including phenoxy) is 3. The highest BCUT2D eigenvalue weighted by Gasteiger charge is 2.46. The number of fused-ring (bicyclic) bond motifs is 1. The van der Waals surface area contributed by atoms with E-state index < -0.39 is 5.60 Å². The van der Waals surface area contributed by atoms with Crippen LogP contribution in [0.2, 0.25) is 0 Å². The average Bonchev–Trinajstić information content (AvgIpc) is 2.59. The topological polar surface area (TPSA) is 60.0 Å². The van der Waals surface area contributed by atoms with E-state index in [9.17, 15) is 5.11 Å². The Bertz CT molecular complexity index is 539. The van der Waals surface area contributed by atoms with Crippen LogP contribution in [0.1, 0.15) is 43.7 Å². The van der Waals surface area contributed by atoms with Crippen molar-refractivity contribution in [2.45, 2.75) is 43.7 Å². The molecule has 24 heavy (non-hydrogen) atoms. The van der Waals surface area contributed by atoms with E-state index in [1.165, 1.54) is 6.42 Å². The summed E-state index contributed by atoms with van der Waals surface area (Å²) in [6.45, 7) is 0.828. The van der Waals surface area contributed by atoms with E-state index in [0.717, 1.165) is 37.8 Å². The third-order valence-electron chi connectivity index (χ3n) is 5.44. The summed E-state index contributed by atoms with van der Waals surface area (Å²) >= 11 is 0. The fourth-order valence-corrected chi connectivity index (χ4v) is 4.25. The Morgan fingerprint density at radius 2 is 1.71 bits per heavy atom. The Labute approximate surface area is 150 Å². The van der Waals surface area contributed by atoms with Crippen LogP contribution in [-0.2, 0) is 0 Å². The predicted octanol–water partition coefficient (Wildman–Crippen LogP) is 3.09. The van der Waals surface area contributed by atoms with Crippen LogP contribution in [0.15, 0.2) is 12.1 Å². The Hall–Kier alpha value is -1.17. The van der Waals surface area contributed by atoms with Crippen molar-refractivity contribution in [2.75, 3.05) is 27.9 Å². The lowest BCUT2D eigenvalue weighted by atomic mass is 9.67. The maximum atomic E-state index is 11.0. The summed E-state index contributed by atoms with van der Waals surface area (Å²) in [5.74, 6) is 2.16. The number of hydrogen-bond donors (Lipinski definition) is 2. The normalized spacial score (nSPS) is 29.2. The molecule has 1 heterocycles. The zero-order valence-electron chi connectivity index (χ0n) is 14.6. The molecular formula is C18H28ClNO4. The molecule has 0 bridgehead atoms. The van der Waals surface area contributed by atoms with Crippen LogP contribution in [0.25, 0.3) is 0 Å². The van der Waals surface area contributed by atoms with E-state index in [2.05, 4.69) is 5.32 Å². The maximum absolute atomic E-state index is 11.0. The molecule has 1 aromatic carbocycles. The SMILES string of the molecule is COc1cc([C@@H]2NCCC3(O)CCCCC23)cc(OC)c1OC.Cl. The number of halogens is 1. The molecule has 2 fully saturated rings. The van der Waals surface area contributed by atoms with Crippen LogP contribution in [0, 0.1) is 5.92 Å². The average molecular weight is 358 g/mol. The van der Waals surface area contributed by atoms with Crippen molar-refractivity contribution in [3.8, 4) is 17.2 Å². The van der Waals surface area contributed by atoms with Crippen molar-refractivity contribution in [2.24, 2.45) is 5.92 Å². The summed E-state index contributed by atoms with van der Waals surface area (Å²) in [4.78, 5) is 0. The molecule has 0 spiro atoms. The number of aliphatic hydroxyl groups is 1. The second-order valence-corrected chi connectivity index (χ2v) is 6.60. The number of hydrogen-bond acceptors (Lipinski definition) is 5. The molecule has 2 N–H and O–H groups in total. The van der Waals surface area contributed by atoms with Gasteiger partial charge in [0.25, 0.3) is 0 Å². The lowest BCUT2D eigenvalue weighted by Gasteiger charge is -2.48. The molecule has 0 aromatic heterocycles. The number of rotatable bonds is 4. The molecule has 1 aliphatic carbocycles. The quantitative estimate of drug-likeness (QED) is 0.867. The first kappa shape index (κ1) is 19.2. The molecule has 1 aromatic rings. The van der Waals surface area contributed by atoms with Crippen LogP contribution in [0.3, 0.4) is 0 Å². The van der Waals surface area contributed by atoms with Gasteiger partial charge in [0.1, 0.15) is 0 Å². The van der Waals surface area contributed by atoms with Crippen molar-refractivity contribution in [1.29, 1.82) is 0 Å². The Morgan fingerprint density at radius 3 is 2.29 bits per heavy atom. The van der Waals surface area contributed by atoms with E-state index >= 15 is 0 Å². The standard InChI is InChI=1S/C18H27NO4.ClH/c1-21-14-10-12(11-15(22-2)17(14)23-3)16-13-6-4-5-7-18(13,20)8-9-19-16;/h10-11,13,16,19-20H,4-9H2,1-3H3;1H/t13?,16-,18?;/m0./s1. The van der Waals surface area contributed by atoms with Gasteiger partial charge in [0.15, 0.2) is 11.5 Å². The van der Waals surface area contributed by atoms with Gasteiger partial charge in [-0.05, 0) is 43.5 Å². The largest absolute Gasteiger partial charge is 0.493 e. The van der Waals surface area contributed by atoms with Gasteiger partial charge in [0.2, 0.25) is 5.75 Å². The van der Waals surface area contributed by atoms with E-state index in [1.807, 2.05) is 12.1 Å². The van der Waals surface area contributed by atoms with E-state index in [-0.39, 0.29) is 24.4 Å². The van der Waals surface area contributed by atoms with Crippen LogP contribution >= 0.6 is 12.4 Å². The Kier molecular flexibility index (Phi) is 6.23. The number of methoxy groups -OCH3 is 3. The summed E-state index contributed by atoms with van der Waals surface area (Å²) in [7, 11) is 4.87. The summed E-state index contributed by atoms with van der Waals surface area (Å²) < 4.78 is 16.4. The van der Waals surface area contributed by atoms with Gasteiger partial charge in [0.05, 0.1) is 26.9 Å². The van der Waals surface area contributed by atoms with Crippen molar-refractivity contribution >= 4 is 12.4 Å². The van der Waals surface area contributed by atoms with Crippen molar-refractivity contribution in [1.82, 2.24) is 5.32 Å². The van der Waals surface area contributed by atoms with E-state index in [0.29, 0.717) is 17.2 Å². The molecule has 1 aliphatic heterocycles. The third kappa shape index (κ3) is 3.30. The first-order chi connectivity index (χ1) is 11.1. The molecule has 1 saturated heterocycles. The highest BCUT2D eigenvalue weighted by atomic mass is 35.5. The zero-order chi connectivity index (χ0) is 16.4. The molecule has 0 amide bonds. The first-order valence-corrected chi connectivity index (χ1v) is 8.38. The van der Waals surface area contributed by atoms with Crippen LogP contribution in [0.5, 0.6) is 17.2 Å². The highest BCUT2D eigenvalue weighted by molar-refractivity contribution is 5.85. The van der Waals surface area contributed by atoms with Crippen molar-refractivity contribution in [3.63, 3.8) is 0 Å². The fraction of sp³-hybridized carbons (Fsp3) is 0.667. The van der Waals surface area contributed by atoms with Gasteiger partial charge in [-0.15, -0.1) is 12.4 Å². The maximum Gasteiger partial charge on any atom is 0.203 e. The minimum atomic E-state index is -0.547. The number of piperidine rings is 1. The molecule has 6 heteroatoms. The second kappa shape index (κ2) is 7.81. The summed E-state index contributed by atoms with van der Waals surface area (Å²) in [5.41, 5.74) is 0.540. The lowest BCUT2D eigenvalue weighted by Crippen LogP contribution is -2.53. The van der Waals surface area contributed by atoms with Crippen LogP contribution < -0.4 is 19.5 Å². The summed E-state index contributed by atoms with van der Waals surface area (Å²) in [6.07, 6.45) is 5.08. The van der Waals surface area contributed by atoms with Gasteiger partial charge in [-0.2, -0.15) is 0 Å². The van der Waals surface area contributed by atoms with Gasteiger partial charge >= 0.3 is 0 Å². The van der Waals surface area contributed by atoms with Crippen molar-refractivity contribution < 1.29 is 19.3 Å². The van der Waals surface area contributed by atoms with E-state index in [4.69, 9.17) is 14.2 Å². The Balaban J connectivity index is 0.00000208. The number of nitrogens with one attached hydrogen (secondary N) is 1. The van der Waals surface area contributed by atoms with Crippen LogP contribution in [-0.4, -0.2) is 38.6 Å². The summed E-state index contributed by atoms with van der Waals surface area (Å²) in [5, 5.41) is 14.6. The second-order valence-electron chi connectivity index (χ2n) is 6.60. The fourth-order valence-electron chi connectivity index (χ4n) is 4.25. The smallest absolute Gasteiger partial charge is 0.203 e. The lowest BCUT2D eigenvalue weighted by molar-refractivity contribution is -0.0861. The van der Waals surface area contributed by atoms with Crippen LogP contribution in [0.4, 0.5) is 0 Å². The molecule has 3 atom stereocenters. The molecule has 0 radical (unpaired) electrons. The molecule has 1 saturated carbocycles. The van der Waals surface area contributed by atoms with E-state index in [1.54, 1.807) is 21.3 Å². The van der Waals surface area contributed by atoms with Gasteiger partial charge in [-0.3, -0.25) is 0 Å². The Morgan fingerprint density at radius 1 is 1.04 bits per heavy atom. The molecular weight excluding hydrogens is 330 g/mol. The van der Waals surface area contributed by atoms with Gasteiger partial charge in [-0.25, -0.2) is 0 Å². The van der Waals surface area contributed by atoms with Gasteiger partial charge in [0, 0.05) is 12.0 Å². The number of benzene rings is 1. The highest BCUT2D eigenvalue weighted by Crippen LogP contribution is 2.48. The summed E-state index contributed by atoms with van der Waals surface area (Å²) in [6, 6.07) is 4.11. The predicted molar refractivity (Wildman–Crippen MR) is 95.6 cm³/mol. The van der Waals surface area contributed by atoms with Gasteiger partial charge < -0.3 is 24.6 Å². The molecule has 3 rings (SSSR count). The minimum Gasteiger partial charge on any atom is -0.493 e. The minimum absolute atomic E-state index is 0. The van der Waals surface area contributed by atoms with Crippen molar-refractivity contribution in [3.05, 3.63) is 17.7 Å². The third-order valence-corrected chi connectivity index (χ3v) is 5.44. The first-order valence-electron chi connectivity index (χ1n) is 8.38. The zero-order valence-corrected chi connectivity index (χ0v) is 15.4. The molecule has 136 valence electrons. The molecule has 2 aliphatic rings. The molecule has 5 nitrogen and oxygen atoms in total. The monoisotopic (exact) mass is 357 g/mol.